The lowest BCUT2D eigenvalue weighted by atomic mass is 9.78. The van der Waals surface area contributed by atoms with Gasteiger partial charge in [-0.3, -0.25) is 14.6 Å². The first-order chi connectivity index (χ1) is 21.8. The van der Waals surface area contributed by atoms with E-state index >= 15 is 0 Å². The average molecular weight is 646 g/mol. The van der Waals surface area contributed by atoms with E-state index in [-0.39, 0.29) is 5.78 Å². The van der Waals surface area contributed by atoms with E-state index in [2.05, 4.69) is 70.0 Å². The molecule has 0 atom stereocenters. The molecule has 2 N–H and O–H groups in total. The third-order valence-electron chi connectivity index (χ3n) is 9.98. The number of carbonyl (C=O) groups excluding carboxylic acids is 1. The molecule has 1 saturated heterocycles. The van der Waals surface area contributed by atoms with Gasteiger partial charge in [-0.2, -0.15) is 0 Å². The third kappa shape index (κ3) is 7.66. The highest BCUT2D eigenvalue weighted by Crippen LogP contribution is 2.33. The number of ketones is 1. The van der Waals surface area contributed by atoms with E-state index in [1.807, 2.05) is 18.2 Å². The second-order valence-corrected chi connectivity index (χ2v) is 14.1. The molecule has 0 unspecified atom stereocenters. The Bertz CT molecular complexity index is 1590. The van der Waals surface area contributed by atoms with Gasteiger partial charge in [-0.25, -0.2) is 0 Å². The highest BCUT2D eigenvalue weighted by molar-refractivity contribution is 6.36. The van der Waals surface area contributed by atoms with Crippen molar-refractivity contribution in [3.63, 3.8) is 0 Å². The Labute approximate surface area is 278 Å². The van der Waals surface area contributed by atoms with Crippen LogP contribution < -0.4 is 5.73 Å². The van der Waals surface area contributed by atoms with Crippen molar-refractivity contribution < 1.29 is 4.79 Å². The predicted octanol–water partition coefficient (Wildman–Crippen LogP) is 8.64. The normalized spacial score (nSPS) is 17.6. The van der Waals surface area contributed by atoms with E-state index in [0.717, 1.165) is 99.9 Å². The number of hydrogen-bond acceptors (Lipinski definition) is 4. The highest BCUT2D eigenvalue weighted by Gasteiger charge is 2.34. The Kier molecular flexibility index (Phi) is 10.3. The predicted molar refractivity (Wildman–Crippen MR) is 188 cm³/mol. The second kappa shape index (κ2) is 14.4. The van der Waals surface area contributed by atoms with Crippen molar-refractivity contribution in [2.24, 2.45) is 5.73 Å². The molecular weight excluding hydrogens is 599 g/mol. The number of aryl methyl sites for hydroxylation is 2. The molecule has 2 aliphatic rings. The summed E-state index contributed by atoms with van der Waals surface area (Å²) in [5.41, 5.74) is 13.3. The van der Waals surface area contributed by atoms with Gasteiger partial charge < -0.3 is 10.3 Å². The minimum absolute atomic E-state index is 0.262. The molecule has 1 aliphatic carbocycles. The summed E-state index contributed by atoms with van der Waals surface area (Å²) in [5.74, 6) is 0.262. The molecule has 5 nitrogen and oxygen atoms in total. The van der Waals surface area contributed by atoms with Crippen molar-refractivity contribution in [3.8, 4) is 11.1 Å². The first kappa shape index (κ1) is 32.3. The number of piperazine rings is 1. The summed E-state index contributed by atoms with van der Waals surface area (Å²) in [5, 5.41) is 2.78. The Hall–Kier alpha value is -2.67. The molecule has 2 fully saturated rings. The smallest absolute Gasteiger partial charge is 0.152 e. The zero-order chi connectivity index (χ0) is 31.4. The lowest BCUT2D eigenvalue weighted by Gasteiger charge is -2.35. The Balaban J connectivity index is 1.12. The molecule has 0 amide bonds. The molecule has 1 aliphatic heterocycles. The minimum Gasteiger partial charge on any atom is -0.347 e. The summed E-state index contributed by atoms with van der Waals surface area (Å²) in [4.78, 5) is 17.9. The average Bonchev–Trinajstić information content (AvgIpc) is 3.40. The van der Waals surface area contributed by atoms with Crippen molar-refractivity contribution in [1.82, 2.24) is 14.4 Å². The van der Waals surface area contributed by atoms with Gasteiger partial charge in [0.05, 0.1) is 5.54 Å². The van der Waals surface area contributed by atoms with Crippen LogP contribution in [0.5, 0.6) is 0 Å². The first-order valence-corrected chi connectivity index (χ1v) is 17.4. The van der Waals surface area contributed by atoms with Gasteiger partial charge >= 0.3 is 0 Å². The summed E-state index contributed by atoms with van der Waals surface area (Å²) in [6, 6.07) is 21.6. The fraction of sp³-hybridized carbons (Fsp3) is 0.447. The topological polar surface area (TPSA) is 54.5 Å². The fourth-order valence-corrected chi connectivity index (χ4v) is 7.66. The molecule has 6 rings (SSSR count). The Morgan fingerprint density at radius 1 is 0.844 bits per heavy atom. The van der Waals surface area contributed by atoms with Crippen LogP contribution in [0.3, 0.4) is 0 Å². The van der Waals surface area contributed by atoms with Crippen LogP contribution in [-0.4, -0.2) is 51.9 Å². The molecule has 0 radical (unpaired) electrons. The standard InChI is InChI=1S/C38H46Cl2N4O/c1-28-11-14-30(15-12-28)32-27-44(19-6-3-10-37(45)38(41)17-4-2-5-18-38)36-16-13-29(24-31(32)36)25-42-20-22-43(23-21-42)26-33-34(39)8-7-9-35(33)40/h7-9,11-16,24,27H,2-6,10,17-23,25-26,41H2,1H3. The van der Waals surface area contributed by atoms with Crippen molar-refractivity contribution in [1.29, 1.82) is 0 Å². The number of aromatic nitrogens is 1. The first-order valence-electron chi connectivity index (χ1n) is 16.7. The van der Waals surface area contributed by atoms with Gasteiger partial charge in [-0.05, 0) is 68.0 Å². The maximum Gasteiger partial charge on any atom is 0.152 e. The summed E-state index contributed by atoms with van der Waals surface area (Å²) in [6.07, 6.45) is 9.80. The summed E-state index contributed by atoms with van der Waals surface area (Å²) in [7, 11) is 0. The maximum atomic E-state index is 12.9. The number of Topliss-reactive ketones (excluding diaryl/α,β-unsaturated/α-hetero) is 1. The lowest BCUT2D eigenvalue weighted by molar-refractivity contribution is -0.125. The summed E-state index contributed by atoms with van der Waals surface area (Å²) < 4.78 is 2.39. The summed E-state index contributed by atoms with van der Waals surface area (Å²) >= 11 is 12.9. The number of nitrogens with zero attached hydrogens (tertiary/aromatic N) is 3. The third-order valence-corrected chi connectivity index (χ3v) is 10.7. The second-order valence-electron chi connectivity index (χ2n) is 13.3. The van der Waals surface area contributed by atoms with Crippen molar-refractivity contribution in [2.45, 2.75) is 83.5 Å². The maximum absolute atomic E-state index is 12.9. The zero-order valence-corrected chi connectivity index (χ0v) is 28.1. The van der Waals surface area contributed by atoms with Crippen molar-refractivity contribution >= 4 is 39.9 Å². The van der Waals surface area contributed by atoms with Gasteiger partial charge in [0.25, 0.3) is 0 Å². The molecule has 2 heterocycles. The molecule has 7 heteroatoms. The monoisotopic (exact) mass is 644 g/mol. The van der Waals surface area contributed by atoms with E-state index in [0.29, 0.717) is 6.42 Å². The van der Waals surface area contributed by atoms with Crippen LogP contribution in [0.25, 0.3) is 22.0 Å². The number of fused-ring (bicyclic) bond motifs is 1. The number of carbonyl (C=O) groups is 1. The molecule has 45 heavy (non-hydrogen) atoms. The Morgan fingerprint density at radius 3 is 2.20 bits per heavy atom. The zero-order valence-electron chi connectivity index (χ0n) is 26.5. The SMILES string of the molecule is Cc1ccc(-c2cn(CCCCC(=O)C3(N)CCCCC3)c3ccc(CN4CCN(Cc5c(Cl)cccc5Cl)CC4)cc23)cc1. The van der Waals surface area contributed by atoms with E-state index < -0.39 is 5.54 Å². The number of rotatable bonds is 11. The van der Waals surface area contributed by atoms with Crippen LogP contribution in [0.2, 0.25) is 10.0 Å². The molecule has 238 valence electrons. The number of hydrogen-bond donors (Lipinski definition) is 1. The van der Waals surface area contributed by atoms with Gasteiger partial charge in [0.2, 0.25) is 0 Å². The van der Waals surface area contributed by atoms with Crippen LogP contribution in [-0.2, 0) is 24.4 Å². The van der Waals surface area contributed by atoms with Gasteiger partial charge in [0.15, 0.2) is 5.78 Å². The van der Waals surface area contributed by atoms with Crippen LogP contribution in [0.4, 0.5) is 0 Å². The van der Waals surface area contributed by atoms with Crippen molar-refractivity contribution in [2.75, 3.05) is 26.2 Å². The van der Waals surface area contributed by atoms with E-state index in [4.69, 9.17) is 28.9 Å². The van der Waals surface area contributed by atoms with Gasteiger partial charge in [-0.1, -0.05) is 84.4 Å². The van der Waals surface area contributed by atoms with Gasteiger partial charge in [0, 0.05) is 90.5 Å². The number of benzene rings is 3. The molecular formula is C38H46Cl2N4O. The van der Waals surface area contributed by atoms with Gasteiger partial charge in [-0.15, -0.1) is 0 Å². The number of unbranched alkanes of at least 4 members (excludes halogenated alkanes) is 1. The Morgan fingerprint density at radius 2 is 1.51 bits per heavy atom. The molecule has 0 bridgehead atoms. The quantitative estimate of drug-likeness (QED) is 0.166. The van der Waals surface area contributed by atoms with Crippen molar-refractivity contribution in [3.05, 3.63) is 93.6 Å². The highest BCUT2D eigenvalue weighted by atomic mass is 35.5. The van der Waals surface area contributed by atoms with Crippen LogP contribution in [0, 0.1) is 6.92 Å². The largest absolute Gasteiger partial charge is 0.347 e. The van der Waals surface area contributed by atoms with E-state index in [1.54, 1.807) is 0 Å². The minimum atomic E-state index is -0.580. The lowest BCUT2D eigenvalue weighted by Crippen LogP contribution is -2.49. The van der Waals surface area contributed by atoms with Crippen LogP contribution >= 0.6 is 23.2 Å². The molecule has 3 aromatic carbocycles. The van der Waals surface area contributed by atoms with E-state index in [9.17, 15) is 4.79 Å². The number of nitrogens with two attached hydrogens (primary N) is 1. The van der Waals surface area contributed by atoms with Gasteiger partial charge in [0.1, 0.15) is 0 Å². The van der Waals surface area contributed by atoms with E-state index in [1.165, 1.54) is 39.6 Å². The summed E-state index contributed by atoms with van der Waals surface area (Å²) in [6.45, 7) is 8.73. The fourth-order valence-electron chi connectivity index (χ4n) is 7.14. The molecule has 4 aromatic rings. The molecule has 1 saturated carbocycles. The van der Waals surface area contributed by atoms with Crippen LogP contribution in [0.15, 0.2) is 66.9 Å². The molecule has 1 aromatic heterocycles. The number of halogens is 2. The van der Waals surface area contributed by atoms with Crippen LogP contribution in [0.1, 0.15) is 68.1 Å². The molecule has 0 spiro atoms.